The molecule has 1 aliphatic carbocycles. The van der Waals surface area contributed by atoms with Gasteiger partial charge in [0, 0.05) is 5.75 Å². The molecule has 1 aromatic carbocycles. The summed E-state index contributed by atoms with van der Waals surface area (Å²) < 4.78 is 32.4. The Kier molecular flexibility index (Phi) is 3.54. The van der Waals surface area contributed by atoms with E-state index in [0.29, 0.717) is 6.42 Å². The van der Waals surface area contributed by atoms with Gasteiger partial charge in [0.2, 0.25) is 0 Å². The van der Waals surface area contributed by atoms with Gasteiger partial charge in [-0.2, -0.15) is 0 Å². The van der Waals surface area contributed by atoms with Crippen LogP contribution in [0.2, 0.25) is 0 Å². The second-order valence-electron chi connectivity index (χ2n) is 4.87. The van der Waals surface area contributed by atoms with Gasteiger partial charge in [-0.3, -0.25) is 0 Å². The first-order valence-corrected chi connectivity index (χ1v) is 7.59. The Morgan fingerprint density at radius 1 is 1.12 bits per heavy atom. The van der Waals surface area contributed by atoms with E-state index in [2.05, 4.69) is 0 Å². The van der Waals surface area contributed by atoms with E-state index < -0.39 is 10.1 Å². The summed E-state index contributed by atoms with van der Waals surface area (Å²) in [5.74, 6) is -0.248. The molecule has 0 heterocycles. The average Bonchev–Trinajstić information content (AvgIpc) is 2.77. The Labute approximate surface area is 103 Å². The van der Waals surface area contributed by atoms with Crippen molar-refractivity contribution in [2.45, 2.75) is 37.5 Å². The minimum absolute atomic E-state index is 0.0846. The highest BCUT2D eigenvalue weighted by Crippen LogP contribution is 2.43. The molecule has 3 nitrogen and oxygen atoms in total. The summed E-state index contributed by atoms with van der Waals surface area (Å²) >= 11 is 0. The van der Waals surface area contributed by atoms with E-state index in [9.17, 15) is 13.0 Å². The maximum Gasteiger partial charge on any atom is 0.0946 e. The summed E-state index contributed by atoms with van der Waals surface area (Å²) in [6, 6.07) is 9.99. The monoisotopic (exact) mass is 253 g/mol. The molecule has 0 bridgehead atoms. The third-order valence-electron chi connectivity index (χ3n) is 3.78. The van der Waals surface area contributed by atoms with Gasteiger partial charge in [-0.1, -0.05) is 43.2 Å². The summed E-state index contributed by atoms with van der Waals surface area (Å²) in [6.07, 6.45) is 4.68. The van der Waals surface area contributed by atoms with Crippen LogP contribution in [0, 0.1) is 0 Å². The molecule has 1 saturated carbocycles. The van der Waals surface area contributed by atoms with Crippen molar-refractivity contribution in [2.24, 2.45) is 0 Å². The van der Waals surface area contributed by atoms with Crippen molar-refractivity contribution in [3.8, 4) is 0 Å². The van der Waals surface area contributed by atoms with Crippen molar-refractivity contribution in [1.29, 1.82) is 0 Å². The molecule has 0 unspecified atom stereocenters. The van der Waals surface area contributed by atoms with E-state index in [-0.39, 0.29) is 11.2 Å². The van der Waals surface area contributed by atoms with Crippen molar-refractivity contribution in [2.75, 3.05) is 5.75 Å². The molecule has 17 heavy (non-hydrogen) atoms. The van der Waals surface area contributed by atoms with Crippen LogP contribution in [-0.4, -0.2) is 18.7 Å². The van der Waals surface area contributed by atoms with Gasteiger partial charge < -0.3 is 4.55 Å². The van der Waals surface area contributed by atoms with Crippen molar-refractivity contribution < 1.29 is 13.0 Å². The highest BCUT2D eigenvalue weighted by molar-refractivity contribution is 7.85. The third-order valence-corrected chi connectivity index (χ3v) is 4.48. The maximum atomic E-state index is 10.8. The van der Waals surface area contributed by atoms with E-state index >= 15 is 0 Å². The summed E-state index contributed by atoms with van der Waals surface area (Å²) in [5.41, 5.74) is 1.10. The summed E-state index contributed by atoms with van der Waals surface area (Å²) in [6.45, 7) is 0. The molecule has 0 aromatic heterocycles. The summed E-state index contributed by atoms with van der Waals surface area (Å²) in [7, 11) is -4.11. The van der Waals surface area contributed by atoms with Crippen LogP contribution in [-0.2, 0) is 15.5 Å². The summed E-state index contributed by atoms with van der Waals surface area (Å²) in [4.78, 5) is 0. The first-order valence-electron chi connectivity index (χ1n) is 6.01. The fourth-order valence-corrected chi connectivity index (χ4v) is 3.49. The van der Waals surface area contributed by atoms with Gasteiger partial charge in [0.15, 0.2) is 0 Å². The second kappa shape index (κ2) is 4.78. The molecule has 0 amide bonds. The molecule has 0 aliphatic heterocycles. The molecular formula is C13H17O3S-. The lowest BCUT2D eigenvalue weighted by Gasteiger charge is -2.30. The predicted molar refractivity (Wildman–Crippen MR) is 65.8 cm³/mol. The number of benzene rings is 1. The van der Waals surface area contributed by atoms with Gasteiger partial charge in [0.25, 0.3) is 0 Å². The topological polar surface area (TPSA) is 57.2 Å². The minimum Gasteiger partial charge on any atom is -0.748 e. The zero-order valence-electron chi connectivity index (χ0n) is 9.76. The summed E-state index contributed by atoms with van der Waals surface area (Å²) in [5, 5.41) is 0. The largest absolute Gasteiger partial charge is 0.748 e. The van der Waals surface area contributed by atoms with E-state index in [0.717, 1.165) is 25.7 Å². The molecule has 94 valence electrons. The van der Waals surface area contributed by atoms with Crippen LogP contribution in [0.1, 0.15) is 37.7 Å². The van der Waals surface area contributed by atoms with Crippen molar-refractivity contribution in [1.82, 2.24) is 0 Å². The number of hydrogen-bond acceptors (Lipinski definition) is 3. The molecule has 0 N–H and O–H groups in total. The molecular weight excluding hydrogens is 236 g/mol. The number of hydrogen-bond donors (Lipinski definition) is 0. The van der Waals surface area contributed by atoms with Crippen molar-refractivity contribution in [3.63, 3.8) is 0 Å². The van der Waals surface area contributed by atoms with Crippen LogP contribution in [0.5, 0.6) is 0 Å². The average molecular weight is 253 g/mol. The van der Waals surface area contributed by atoms with Gasteiger partial charge in [-0.25, -0.2) is 8.42 Å². The maximum absolute atomic E-state index is 10.8. The fourth-order valence-electron chi connectivity index (χ4n) is 2.85. The highest BCUT2D eigenvalue weighted by atomic mass is 32.2. The molecule has 0 spiro atoms. The van der Waals surface area contributed by atoms with Gasteiger partial charge in [-0.15, -0.1) is 0 Å². The molecule has 1 aromatic rings. The molecule has 0 atom stereocenters. The van der Waals surface area contributed by atoms with Crippen LogP contribution in [0.3, 0.4) is 0 Å². The van der Waals surface area contributed by atoms with Crippen molar-refractivity contribution >= 4 is 10.1 Å². The quantitative estimate of drug-likeness (QED) is 0.774. The van der Waals surface area contributed by atoms with Crippen LogP contribution in [0.25, 0.3) is 0 Å². The van der Waals surface area contributed by atoms with Gasteiger partial charge >= 0.3 is 0 Å². The molecule has 1 aliphatic rings. The van der Waals surface area contributed by atoms with Crippen LogP contribution < -0.4 is 0 Å². The molecule has 1 fully saturated rings. The SMILES string of the molecule is O=S(=O)([O-])CCC1(c2ccccc2)CCCC1. The Hall–Kier alpha value is -0.870. The Bertz CT molecular complexity index is 459. The highest BCUT2D eigenvalue weighted by Gasteiger charge is 2.35. The predicted octanol–water partition coefficient (Wildman–Crippen LogP) is 2.43. The van der Waals surface area contributed by atoms with Gasteiger partial charge in [0.05, 0.1) is 10.1 Å². The molecule has 0 saturated heterocycles. The zero-order chi connectivity index (χ0) is 12.4. The lowest BCUT2D eigenvalue weighted by Crippen LogP contribution is -2.25. The smallest absolute Gasteiger partial charge is 0.0946 e. The Morgan fingerprint density at radius 2 is 1.71 bits per heavy atom. The Balaban J connectivity index is 2.22. The van der Waals surface area contributed by atoms with Crippen molar-refractivity contribution in [3.05, 3.63) is 35.9 Å². The zero-order valence-corrected chi connectivity index (χ0v) is 10.6. The van der Waals surface area contributed by atoms with E-state index in [4.69, 9.17) is 0 Å². The lowest BCUT2D eigenvalue weighted by atomic mass is 9.77. The minimum atomic E-state index is -4.11. The van der Waals surface area contributed by atoms with Crippen LogP contribution >= 0.6 is 0 Å². The standard InChI is InChI=1S/C13H18O3S/c14-17(15,16)11-10-13(8-4-5-9-13)12-6-2-1-3-7-12/h1-3,6-7H,4-5,8-11H2,(H,14,15,16)/p-1. The molecule has 0 radical (unpaired) electrons. The van der Waals surface area contributed by atoms with E-state index in [1.807, 2.05) is 30.3 Å². The third kappa shape index (κ3) is 3.07. The first kappa shape index (κ1) is 12.6. The molecule has 2 rings (SSSR count). The Morgan fingerprint density at radius 3 is 2.24 bits per heavy atom. The lowest BCUT2D eigenvalue weighted by molar-refractivity contribution is 0.407. The van der Waals surface area contributed by atoms with Crippen LogP contribution in [0.4, 0.5) is 0 Å². The second-order valence-corrected chi connectivity index (χ2v) is 6.39. The molecule has 4 heteroatoms. The first-order chi connectivity index (χ1) is 8.02. The number of rotatable bonds is 4. The van der Waals surface area contributed by atoms with E-state index in [1.165, 1.54) is 5.56 Å². The normalized spacial score (nSPS) is 19.4. The fraction of sp³-hybridized carbons (Fsp3) is 0.538. The van der Waals surface area contributed by atoms with Gasteiger partial charge in [-0.05, 0) is 30.2 Å². The van der Waals surface area contributed by atoms with E-state index in [1.54, 1.807) is 0 Å². The van der Waals surface area contributed by atoms with Crippen LogP contribution in [0.15, 0.2) is 30.3 Å². The van der Waals surface area contributed by atoms with Gasteiger partial charge in [0.1, 0.15) is 0 Å².